The fraction of sp³-hybridized carbons (Fsp3) is 0.533. The van der Waals surface area contributed by atoms with E-state index in [-0.39, 0.29) is 18.6 Å². The highest BCUT2D eigenvalue weighted by atomic mass is 16.5. The summed E-state index contributed by atoms with van der Waals surface area (Å²) in [7, 11) is 1.61. The minimum absolute atomic E-state index is 0.0563. The molecule has 1 heterocycles. The van der Waals surface area contributed by atoms with E-state index in [0.29, 0.717) is 12.0 Å². The molecule has 4 heteroatoms. The quantitative estimate of drug-likeness (QED) is 0.904. The number of ether oxygens (including phenoxy) is 1. The molecule has 1 aliphatic heterocycles. The molecule has 0 radical (unpaired) electrons. The van der Waals surface area contributed by atoms with Gasteiger partial charge in [-0.2, -0.15) is 0 Å². The van der Waals surface area contributed by atoms with Gasteiger partial charge in [-0.15, -0.1) is 0 Å². The summed E-state index contributed by atoms with van der Waals surface area (Å²) in [5.74, 6) is 0.808. The van der Waals surface area contributed by atoms with Gasteiger partial charge in [-0.1, -0.05) is 0 Å². The predicted molar refractivity (Wildman–Crippen MR) is 73.4 cm³/mol. The Hall–Kier alpha value is -1.55. The average Bonchev–Trinajstić information content (AvgIpc) is 2.47. The lowest BCUT2D eigenvalue weighted by atomic mass is 9.98. The molecule has 2 rings (SSSR count). The fourth-order valence-electron chi connectivity index (χ4n) is 2.62. The van der Waals surface area contributed by atoms with Crippen molar-refractivity contribution in [3.63, 3.8) is 0 Å². The molecule has 1 saturated heterocycles. The molecule has 4 nitrogen and oxygen atoms in total. The largest absolute Gasteiger partial charge is 0.497 e. The SMILES string of the molecule is COc1ccc(C(=O)N2CCCC[C@H]2CCO)cc1. The monoisotopic (exact) mass is 263 g/mol. The van der Waals surface area contributed by atoms with Crippen molar-refractivity contribution >= 4 is 5.91 Å². The molecule has 0 aliphatic carbocycles. The number of carbonyl (C=O) groups excluding carboxylic acids is 1. The number of likely N-dealkylation sites (tertiary alicyclic amines) is 1. The molecule has 0 saturated carbocycles. The molecule has 0 spiro atoms. The van der Waals surface area contributed by atoms with Crippen molar-refractivity contribution in [1.29, 1.82) is 0 Å². The molecule has 0 aromatic heterocycles. The number of carbonyl (C=O) groups is 1. The molecule has 1 amide bonds. The lowest BCUT2D eigenvalue weighted by molar-refractivity contribution is 0.0574. The normalized spacial score (nSPS) is 19.3. The third kappa shape index (κ3) is 3.26. The second kappa shape index (κ2) is 6.57. The Balaban J connectivity index is 2.11. The molecule has 1 N–H and O–H groups in total. The molecule has 1 aromatic rings. The zero-order chi connectivity index (χ0) is 13.7. The predicted octanol–water partition coefficient (Wildman–Crippen LogP) is 2.07. The number of nitrogens with zero attached hydrogens (tertiary/aromatic N) is 1. The smallest absolute Gasteiger partial charge is 0.254 e. The molecular formula is C15H21NO3. The Bertz CT molecular complexity index is 414. The number of aliphatic hydroxyl groups excluding tert-OH is 1. The van der Waals surface area contributed by atoms with Gasteiger partial charge >= 0.3 is 0 Å². The molecular weight excluding hydrogens is 242 g/mol. The molecule has 104 valence electrons. The second-order valence-electron chi connectivity index (χ2n) is 4.89. The van der Waals surface area contributed by atoms with Crippen molar-refractivity contribution in [3.8, 4) is 5.75 Å². The Kier molecular flexibility index (Phi) is 4.80. The maximum atomic E-state index is 12.5. The first-order chi connectivity index (χ1) is 9.26. The van der Waals surface area contributed by atoms with E-state index in [1.807, 2.05) is 4.90 Å². The van der Waals surface area contributed by atoms with E-state index in [2.05, 4.69) is 0 Å². The van der Waals surface area contributed by atoms with Crippen molar-refractivity contribution in [2.75, 3.05) is 20.3 Å². The van der Waals surface area contributed by atoms with Gasteiger partial charge in [0.15, 0.2) is 0 Å². The molecule has 0 bridgehead atoms. The van der Waals surface area contributed by atoms with Gasteiger partial charge in [0, 0.05) is 24.8 Å². The maximum Gasteiger partial charge on any atom is 0.254 e. The van der Waals surface area contributed by atoms with E-state index in [1.54, 1.807) is 31.4 Å². The number of piperidine rings is 1. The van der Waals surface area contributed by atoms with E-state index >= 15 is 0 Å². The highest BCUT2D eigenvalue weighted by Gasteiger charge is 2.26. The van der Waals surface area contributed by atoms with Gasteiger partial charge in [-0.3, -0.25) is 4.79 Å². The van der Waals surface area contributed by atoms with Crippen LogP contribution in [0.25, 0.3) is 0 Å². The number of hydrogen-bond donors (Lipinski definition) is 1. The van der Waals surface area contributed by atoms with Crippen LogP contribution in [-0.2, 0) is 0 Å². The van der Waals surface area contributed by atoms with Gasteiger partial charge < -0.3 is 14.7 Å². The lowest BCUT2D eigenvalue weighted by Gasteiger charge is -2.35. The Labute approximate surface area is 114 Å². The summed E-state index contributed by atoms with van der Waals surface area (Å²) < 4.78 is 5.10. The average molecular weight is 263 g/mol. The summed E-state index contributed by atoms with van der Waals surface area (Å²) in [6.45, 7) is 0.923. The topological polar surface area (TPSA) is 49.8 Å². The lowest BCUT2D eigenvalue weighted by Crippen LogP contribution is -2.44. The van der Waals surface area contributed by atoms with Crippen molar-refractivity contribution in [1.82, 2.24) is 4.90 Å². The summed E-state index contributed by atoms with van der Waals surface area (Å²) >= 11 is 0. The number of aliphatic hydroxyl groups is 1. The van der Waals surface area contributed by atoms with Crippen molar-refractivity contribution < 1.29 is 14.6 Å². The van der Waals surface area contributed by atoms with Crippen LogP contribution in [-0.4, -0.2) is 42.2 Å². The minimum Gasteiger partial charge on any atom is -0.497 e. The summed E-state index contributed by atoms with van der Waals surface area (Å²) in [4.78, 5) is 14.4. The first-order valence-electron chi connectivity index (χ1n) is 6.82. The number of benzene rings is 1. The Morgan fingerprint density at radius 3 is 2.74 bits per heavy atom. The number of amides is 1. The van der Waals surface area contributed by atoms with Crippen LogP contribution in [0.5, 0.6) is 5.75 Å². The van der Waals surface area contributed by atoms with Crippen LogP contribution in [0.15, 0.2) is 24.3 Å². The highest BCUT2D eigenvalue weighted by molar-refractivity contribution is 5.94. The van der Waals surface area contributed by atoms with E-state index in [1.165, 1.54) is 0 Å². The zero-order valence-corrected chi connectivity index (χ0v) is 11.3. The zero-order valence-electron chi connectivity index (χ0n) is 11.3. The number of methoxy groups -OCH3 is 1. The fourth-order valence-corrected chi connectivity index (χ4v) is 2.62. The molecule has 1 fully saturated rings. The summed E-state index contributed by atoms with van der Waals surface area (Å²) in [5, 5.41) is 9.10. The van der Waals surface area contributed by atoms with E-state index in [9.17, 15) is 4.79 Å². The van der Waals surface area contributed by atoms with E-state index in [4.69, 9.17) is 9.84 Å². The van der Waals surface area contributed by atoms with Crippen LogP contribution in [0.3, 0.4) is 0 Å². The summed E-state index contributed by atoms with van der Waals surface area (Å²) in [6, 6.07) is 7.38. The summed E-state index contributed by atoms with van der Waals surface area (Å²) in [6.07, 6.45) is 3.84. The standard InChI is InChI=1S/C15H21NO3/c1-19-14-7-5-12(6-8-14)15(18)16-10-3-2-4-13(16)9-11-17/h5-8,13,17H,2-4,9-11H2,1H3/t13-/m0/s1. The van der Waals surface area contributed by atoms with Crippen LogP contribution in [0, 0.1) is 0 Å². The molecule has 0 unspecified atom stereocenters. The van der Waals surface area contributed by atoms with Gasteiger partial charge in [-0.05, 0) is 49.9 Å². The van der Waals surface area contributed by atoms with Crippen LogP contribution >= 0.6 is 0 Å². The number of rotatable bonds is 4. The minimum atomic E-state index is 0.0563. The Morgan fingerprint density at radius 1 is 1.37 bits per heavy atom. The highest BCUT2D eigenvalue weighted by Crippen LogP contribution is 2.22. The van der Waals surface area contributed by atoms with Gasteiger partial charge in [0.25, 0.3) is 5.91 Å². The van der Waals surface area contributed by atoms with Crippen molar-refractivity contribution in [3.05, 3.63) is 29.8 Å². The van der Waals surface area contributed by atoms with Crippen molar-refractivity contribution in [2.24, 2.45) is 0 Å². The van der Waals surface area contributed by atoms with E-state index < -0.39 is 0 Å². The maximum absolute atomic E-state index is 12.5. The van der Waals surface area contributed by atoms with Crippen molar-refractivity contribution in [2.45, 2.75) is 31.7 Å². The van der Waals surface area contributed by atoms with Crippen LogP contribution in [0.2, 0.25) is 0 Å². The van der Waals surface area contributed by atoms with Gasteiger partial charge in [0.05, 0.1) is 7.11 Å². The first kappa shape index (κ1) is 13.9. The van der Waals surface area contributed by atoms with E-state index in [0.717, 1.165) is 31.6 Å². The van der Waals surface area contributed by atoms with Gasteiger partial charge in [0.2, 0.25) is 0 Å². The Morgan fingerprint density at radius 2 is 2.11 bits per heavy atom. The van der Waals surface area contributed by atoms with Crippen LogP contribution in [0.1, 0.15) is 36.0 Å². The molecule has 19 heavy (non-hydrogen) atoms. The molecule has 1 aromatic carbocycles. The molecule has 1 aliphatic rings. The van der Waals surface area contributed by atoms with Gasteiger partial charge in [-0.25, -0.2) is 0 Å². The van der Waals surface area contributed by atoms with Crippen LogP contribution in [0.4, 0.5) is 0 Å². The first-order valence-corrected chi connectivity index (χ1v) is 6.82. The third-order valence-corrected chi connectivity index (χ3v) is 3.69. The summed E-state index contributed by atoms with van der Waals surface area (Å²) in [5.41, 5.74) is 0.686. The molecule has 1 atom stereocenters. The second-order valence-corrected chi connectivity index (χ2v) is 4.89. The number of hydrogen-bond acceptors (Lipinski definition) is 3. The third-order valence-electron chi connectivity index (χ3n) is 3.69. The van der Waals surface area contributed by atoms with Gasteiger partial charge in [0.1, 0.15) is 5.75 Å². The van der Waals surface area contributed by atoms with Crippen LogP contribution < -0.4 is 4.74 Å².